The van der Waals surface area contributed by atoms with Gasteiger partial charge >= 0.3 is 0 Å². The highest BCUT2D eigenvalue weighted by molar-refractivity contribution is 5.36. The summed E-state index contributed by atoms with van der Waals surface area (Å²) in [7, 11) is 0. The van der Waals surface area contributed by atoms with Crippen molar-refractivity contribution in [2.75, 3.05) is 13.1 Å². The maximum Gasteiger partial charge on any atom is 0.123 e. The van der Waals surface area contributed by atoms with Crippen LogP contribution < -0.4 is 5.32 Å². The molecule has 0 amide bonds. The van der Waals surface area contributed by atoms with E-state index >= 15 is 0 Å². The van der Waals surface area contributed by atoms with E-state index in [1.54, 1.807) is 6.07 Å². The van der Waals surface area contributed by atoms with Gasteiger partial charge in [-0.3, -0.25) is 0 Å². The fraction of sp³-hybridized carbons (Fsp3) is 0.333. The number of nitrogens with one attached hydrogen (secondary N) is 1. The molecule has 2 aromatic carbocycles. The Balaban J connectivity index is 1.91. The fourth-order valence-corrected chi connectivity index (χ4v) is 2.98. The molecule has 0 aliphatic carbocycles. The third-order valence-electron chi connectivity index (χ3n) is 4.48. The number of benzene rings is 2. The summed E-state index contributed by atoms with van der Waals surface area (Å²) < 4.78 is 13.5. The van der Waals surface area contributed by atoms with Gasteiger partial charge in [0.15, 0.2) is 0 Å². The monoisotopic (exact) mass is 269 g/mol. The molecule has 1 fully saturated rings. The maximum absolute atomic E-state index is 13.5. The summed E-state index contributed by atoms with van der Waals surface area (Å²) in [5.74, 6) is -0.145. The van der Waals surface area contributed by atoms with E-state index in [9.17, 15) is 4.39 Å². The lowest BCUT2D eigenvalue weighted by molar-refractivity contribution is 0.274. The van der Waals surface area contributed by atoms with Gasteiger partial charge in [0, 0.05) is 18.5 Å². The summed E-state index contributed by atoms with van der Waals surface area (Å²) in [6.45, 7) is 6.12. The Kier molecular flexibility index (Phi) is 3.35. The third kappa shape index (κ3) is 2.36. The summed E-state index contributed by atoms with van der Waals surface area (Å²) in [5.41, 5.74) is 5.13. The minimum Gasteiger partial charge on any atom is -0.315 e. The first-order valence-corrected chi connectivity index (χ1v) is 7.12. The molecule has 1 heterocycles. The fourth-order valence-electron chi connectivity index (χ4n) is 2.98. The molecule has 0 atom stereocenters. The van der Waals surface area contributed by atoms with Crippen LogP contribution in [0.25, 0.3) is 0 Å². The van der Waals surface area contributed by atoms with Crippen molar-refractivity contribution in [3.05, 3.63) is 70.5 Å². The molecule has 0 spiro atoms. The van der Waals surface area contributed by atoms with Crippen molar-refractivity contribution in [3.8, 4) is 0 Å². The molecule has 1 aliphatic rings. The average Bonchev–Trinajstić information content (AvgIpc) is 2.38. The third-order valence-corrected chi connectivity index (χ3v) is 4.48. The second-order valence-corrected chi connectivity index (χ2v) is 5.99. The van der Waals surface area contributed by atoms with E-state index in [4.69, 9.17) is 0 Å². The second kappa shape index (κ2) is 5.02. The highest BCUT2D eigenvalue weighted by Crippen LogP contribution is 2.33. The zero-order valence-corrected chi connectivity index (χ0v) is 12.0. The maximum atomic E-state index is 13.5. The van der Waals surface area contributed by atoms with E-state index in [0.29, 0.717) is 0 Å². The summed E-state index contributed by atoms with van der Waals surface area (Å²) in [6, 6.07) is 13.7. The Bertz CT molecular complexity index is 629. The molecule has 0 bridgehead atoms. The molecule has 20 heavy (non-hydrogen) atoms. The predicted molar refractivity (Wildman–Crippen MR) is 80.6 cm³/mol. The van der Waals surface area contributed by atoms with Gasteiger partial charge in [-0.1, -0.05) is 30.3 Å². The lowest BCUT2D eigenvalue weighted by Gasteiger charge is -2.43. The Morgan fingerprint density at radius 2 is 1.85 bits per heavy atom. The lowest BCUT2D eigenvalue weighted by Crippen LogP contribution is -2.58. The smallest absolute Gasteiger partial charge is 0.123 e. The molecular weight excluding hydrogens is 249 g/mol. The number of aryl methyl sites for hydroxylation is 2. The molecule has 0 saturated carbocycles. The summed E-state index contributed by atoms with van der Waals surface area (Å²) in [5, 5.41) is 3.34. The van der Waals surface area contributed by atoms with Crippen LogP contribution in [0.2, 0.25) is 0 Å². The van der Waals surface area contributed by atoms with Crippen molar-refractivity contribution < 1.29 is 4.39 Å². The van der Waals surface area contributed by atoms with E-state index in [1.807, 2.05) is 12.1 Å². The minimum atomic E-state index is -0.145. The van der Waals surface area contributed by atoms with Crippen LogP contribution in [0.1, 0.15) is 22.3 Å². The number of halogens is 1. The first kappa shape index (κ1) is 13.3. The molecule has 104 valence electrons. The minimum absolute atomic E-state index is 0.0454. The van der Waals surface area contributed by atoms with Crippen LogP contribution in [0.3, 0.4) is 0 Å². The Morgan fingerprint density at radius 3 is 2.45 bits per heavy atom. The Hall–Kier alpha value is -1.67. The molecule has 0 unspecified atom stereocenters. The molecule has 0 aromatic heterocycles. The van der Waals surface area contributed by atoms with Crippen LogP contribution in [0.5, 0.6) is 0 Å². The Morgan fingerprint density at radius 1 is 1.05 bits per heavy atom. The van der Waals surface area contributed by atoms with Crippen LogP contribution in [-0.2, 0) is 11.8 Å². The van der Waals surface area contributed by atoms with Crippen molar-refractivity contribution in [2.45, 2.75) is 25.7 Å². The first-order chi connectivity index (χ1) is 9.59. The first-order valence-electron chi connectivity index (χ1n) is 7.12. The van der Waals surface area contributed by atoms with Gasteiger partial charge in [-0.05, 0) is 54.7 Å². The largest absolute Gasteiger partial charge is 0.315 e. The van der Waals surface area contributed by atoms with Crippen molar-refractivity contribution in [3.63, 3.8) is 0 Å². The van der Waals surface area contributed by atoms with Gasteiger partial charge in [-0.25, -0.2) is 4.39 Å². The van der Waals surface area contributed by atoms with Gasteiger partial charge < -0.3 is 5.32 Å². The zero-order chi connectivity index (χ0) is 14.2. The normalized spacial score (nSPS) is 16.8. The van der Waals surface area contributed by atoms with Crippen LogP contribution in [-0.4, -0.2) is 13.1 Å². The van der Waals surface area contributed by atoms with Crippen LogP contribution in [0.4, 0.5) is 4.39 Å². The molecule has 1 nitrogen and oxygen atoms in total. The van der Waals surface area contributed by atoms with E-state index in [2.05, 4.69) is 37.4 Å². The van der Waals surface area contributed by atoms with Gasteiger partial charge in [0.25, 0.3) is 0 Å². The molecule has 2 heteroatoms. The lowest BCUT2D eigenvalue weighted by atomic mass is 9.71. The average molecular weight is 269 g/mol. The topological polar surface area (TPSA) is 12.0 Å². The summed E-state index contributed by atoms with van der Waals surface area (Å²) in [6.07, 6.45) is 0.963. The quantitative estimate of drug-likeness (QED) is 0.899. The van der Waals surface area contributed by atoms with Crippen LogP contribution >= 0.6 is 0 Å². The van der Waals surface area contributed by atoms with Crippen molar-refractivity contribution >= 4 is 0 Å². The van der Waals surface area contributed by atoms with E-state index in [0.717, 1.165) is 25.1 Å². The SMILES string of the molecule is Cc1ccc(CC2(c3cccc(F)c3)CNC2)cc1C. The van der Waals surface area contributed by atoms with Crippen LogP contribution in [0, 0.1) is 19.7 Å². The molecule has 1 saturated heterocycles. The van der Waals surface area contributed by atoms with Gasteiger partial charge in [0.1, 0.15) is 5.82 Å². The van der Waals surface area contributed by atoms with Crippen molar-refractivity contribution in [1.29, 1.82) is 0 Å². The van der Waals surface area contributed by atoms with Crippen molar-refractivity contribution in [2.24, 2.45) is 0 Å². The molecule has 1 N–H and O–H groups in total. The highest BCUT2D eigenvalue weighted by Gasteiger charge is 2.38. The second-order valence-electron chi connectivity index (χ2n) is 5.99. The van der Waals surface area contributed by atoms with Gasteiger partial charge in [0.05, 0.1) is 0 Å². The number of hydrogen-bond donors (Lipinski definition) is 1. The van der Waals surface area contributed by atoms with E-state index in [1.165, 1.54) is 22.8 Å². The summed E-state index contributed by atoms with van der Waals surface area (Å²) >= 11 is 0. The van der Waals surface area contributed by atoms with Gasteiger partial charge in [-0.2, -0.15) is 0 Å². The van der Waals surface area contributed by atoms with Gasteiger partial charge in [-0.15, -0.1) is 0 Å². The van der Waals surface area contributed by atoms with E-state index in [-0.39, 0.29) is 11.2 Å². The van der Waals surface area contributed by atoms with Crippen molar-refractivity contribution in [1.82, 2.24) is 5.32 Å². The van der Waals surface area contributed by atoms with Crippen LogP contribution in [0.15, 0.2) is 42.5 Å². The summed E-state index contributed by atoms with van der Waals surface area (Å²) in [4.78, 5) is 0. The molecule has 0 radical (unpaired) electrons. The molecule has 2 aromatic rings. The van der Waals surface area contributed by atoms with Gasteiger partial charge in [0.2, 0.25) is 0 Å². The zero-order valence-electron chi connectivity index (χ0n) is 12.0. The standard InChI is InChI=1S/C18H20FN/c1-13-6-7-15(8-14(13)2)10-18(11-20-12-18)16-4-3-5-17(19)9-16/h3-9,20H,10-12H2,1-2H3. The number of hydrogen-bond acceptors (Lipinski definition) is 1. The molecular formula is C18H20FN. The predicted octanol–water partition coefficient (Wildman–Crippen LogP) is 3.53. The Labute approximate surface area is 119 Å². The molecule has 3 rings (SSSR count). The highest BCUT2D eigenvalue weighted by atomic mass is 19.1. The van der Waals surface area contributed by atoms with E-state index < -0.39 is 0 Å². The number of rotatable bonds is 3. The molecule has 1 aliphatic heterocycles.